The van der Waals surface area contributed by atoms with Gasteiger partial charge in [0.2, 0.25) is 0 Å². The van der Waals surface area contributed by atoms with Gasteiger partial charge in [0.1, 0.15) is 5.60 Å². The predicted molar refractivity (Wildman–Crippen MR) is 140 cm³/mol. The van der Waals surface area contributed by atoms with Crippen LogP contribution in [0.5, 0.6) is 0 Å². The first-order valence-corrected chi connectivity index (χ1v) is 16.2. The molecule has 8 heteroatoms. The van der Waals surface area contributed by atoms with Crippen molar-refractivity contribution < 1.29 is 23.3 Å². The third-order valence-electron chi connectivity index (χ3n) is 9.01. The van der Waals surface area contributed by atoms with Crippen LogP contribution >= 0.6 is 0 Å². The molecule has 4 aliphatic rings. The van der Waals surface area contributed by atoms with Crippen LogP contribution in [0.25, 0.3) is 0 Å². The number of hydrogen-bond donors (Lipinski definition) is 1. The molecule has 34 heavy (non-hydrogen) atoms. The van der Waals surface area contributed by atoms with Gasteiger partial charge < -0.3 is 23.8 Å². The van der Waals surface area contributed by atoms with Crippen LogP contribution in [0.4, 0.5) is 0 Å². The van der Waals surface area contributed by atoms with Crippen LogP contribution in [-0.2, 0) is 23.3 Å². The van der Waals surface area contributed by atoms with Gasteiger partial charge in [-0.15, -0.1) is 0 Å². The summed E-state index contributed by atoms with van der Waals surface area (Å²) < 4.78 is 25.1. The van der Waals surface area contributed by atoms with E-state index in [1.54, 1.807) is 0 Å². The van der Waals surface area contributed by atoms with Gasteiger partial charge in [-0.3, -0.25) is 4.79 Å². The van der Waals surface area contributed by atoms with E-state index in [-0.39, 0.29) is 42.4 Å². The quantitative estimate of drug-likeness (QED) is 0.262. The molecule has 4 fully saturated rings. The largest absolute Gasteiger partial charge is 0.460 e. The number of ether oxygens (including phenoxy) is 1. The van der Waals surface area contributed by atoms with Crippen molar-refractivity contribution in [3.63, 3.8) is 0 Å². The summed E-state index contributed by atoms with van der Waals surface area (Å²) in [5.41, 5.74) is -0.295. The maximum Gasteiger partial charge on any atom is 0.458 e. The Labute approximate surface area is 209 Å². The number of nitrogens with one attached hydrogen (secondary N) is 1. The minimum absolute atomic E-state index is 0.0743. The highest BCUT2D eigenvalue weighted by molar-refractivity contribution is 6.74. The second-order valence-corrected chi connectivity index (χ2v) is 18.9. The fraction of sp³-hybridized carbons (Fsp3) is 0.962. The molecule has 2 bridgehead atoms. The van der Waals surface area contributed by atoms with E-state index in [1.807, 2.05) is 20.8 Å². The third-order valence-corrected chi connectivity index (χ3v) is 13.5. The van der Waals surface area contributed by atoms with Gasteiger partial charge >= 0.3 is 13.1 Å². The molecule has 0 amide bonds. The average Bonchev–Trinajstić information content (AvgIpc) is 2.97. The predicted octanol–water partition coefficient (Wildman–Crippen LogP) is 5.43. The van der Waals surface area contributed by atoms with Crippen molar-refractivity contribution in [1.82, 2.24) is 5.32 Å². The zero-order valence-electron chi connectivity index (χ0n) is 23.7. The molecule has 0 aromatic carbocycles. The molecule has 0 aromatic rings. The highest BCUT2D eigenvalue weighted by Gasteiger charge is 2.67. The molecule has 4 rings (SSSR count). The van der Waals surface area contributed by atoms with Crippen molar-refractivity contribution >= 4 is 21.4 Å². The molecule has 6 nitrogen and oxygen atoms in total. The molecule has 0 aromatic heterocycles. The number of carbonyl (C=O) groups excluding carboxylic acids is 1. The first-order chi connectivity index (χ1) is 15.3. The summed E-state index contributed by atoms with van der Waals surface area (Å²) in [4.78, 5) is 12.6. The Morgan fingerprint density at radius 3 is 2.35 bits per heavy atom. The van der Waals surface area contributed by atoms with Gasteiger partial charge in [0.25, 0.3) is 0 Å². The minimum Gasteiger partial charge on any atom is -0.460 e. The lowest BCUT2D eigenvalue weighted by atomic mass is 9.43. The Hall–Kier alpha value is -0.408. The standard InChI is InChI=1S/C26H50BNO5Si/c1-23(2,3)30-22(29)16-19(32-34(10,11)24(4,5)6)17-28-13-12-27-31-21-15-18-14-20(25(18,7)8)26(21,9)33-27/h18-21,28H,12-17H2,1-11H3/t18-,19?,20-,21+,26-/m0/s1. The van der Waals surface area contributed by atoms with Crippen LogP contribution in [0.2, 0.25) is 24.5 Å². The van der Waals surface area contributed by atoms with E-state index in [9.17, 15) is 4.79 Å². The van der Waals surface area contributed by atoms with E-state index in [0.29, 0.717) is 17.9 Å². The van der Waals surface area contributed by atoms with Crippen LogP contribution < -0.4 is 5.32 Å². The molecule has 1 aliphatic heterocycles. The zero-order chi connectivity index (χ0) is 25.7. The maximum atomic E-state index is 12.6. The molecule has 1 unspecified atom stereocenters. The van der Waals surface area contributed by atoms with Gasteiger partial charge in [-0.25, -0.2) is 0 Å². The monoisotopic (exact) mass is 495 g/mol. The molecular formula is C26H50BNO5Si. The fourth-order valence-electron chi connectivity index (χ4n) is 5.88. The van der Waals surface area contributed by atoms with E-state index in [1.165, 1.54) is 6.42 Å². The lowest BCUT2D eigenvalue weighted by Crippen LogP contribution is -2.65. The van der Waals surface area contributed by atoms with Crippen molar-refractivity contribution in [3.8, 4) is 0 Å². The Morgan fingerprint density at radius 2 is 1.79 bits per heavy atom. The summed E-state index contributed by atoms with van der Waals surface area (Å²) >= 11 is 0. The van der Waals surface area contributed by atoms with Gasteiger partial charge in [0.15, 0.2) is 8.32 Å². The Morgan fingerprint density at radius 1 is 1.15 bits per heavy atom. The van der Waals surface area contributed by atoms with Gasteiger partial charge in [-0.05, 0) is 88.8 Å². The molecule has 1 saturated heterocycles. The highest BCUT2D eigenvalue weighted by Crippen LogP contribution is 2.65. The number of rotatable bonds is 9. The van der Waals surface area contributed by atoms with Gasteiger partial charge in [0, 0.05) is 6.54 Å². The fourth-order valence-corrected chi connectivity index (χ4v) is 7.23. The van der Waals surface area contributed by atoms with Crippen LogP contribution in [0.15, 0.2) is 0 Å². The summed E-state index contributed by atoms with van der Waals surface area (Å²) in [6, 6.07) is 0. The molecule has 1 heterocycles. The molecule has 3 saturated carbocycles. The Kier molecular flexibility index (Phi) is 7.85. The number of esters is 1. The van der Waals surface area contributed by atoms with E-state index < -0.39 is 13.9 Å². The molecule has 5 atom stereocenters. The van der Waals surface area contributed by atoms with Crippen molar-refractivity contribution in [2.45, 2.75) is 129 Å². The van der Waals surface area contributed by atoms with Crippen molar-refractivity contribution in [2.24, 2.45) is 17.3 Å². The summed E-state index contributed by atoms with van der Waals surface area (Å²) in [5, 5.41) is 3.59. The van der Waals surface area contributed by atoms with Crippen LogP contribution in [0.3, 0.4) is 0 Å². The number of hydrogen-bond acceptors (Lipinski definition) is 6. The van der Waals surface area contributed by atoms with Crippen LogP contribution in [0.1, 0.15) is 81.6 Å². The minimum atomic E-state index is -2.02. The Balaban J connectivity index is 1.51. The van der Waals surface area contributed by atoms with E-state index >= 15 is 0 Å². The van der Waals surface area contributed by atoms with Crippen LogP contribution in [-0.4, -0.2) is 57.9 Å². The Bertz CT molecular complexity index is 746. The molecule has 0 radical (unpaired) electrons. The summed E-state index contributed by atoms with van der Waals surface area (Å²) in [7, 11) is -2.19. The summed E-state index contributed by atoms with van der Waals surface area (Å²) in [6.45, 7) is 25.2. The SMILES string of the molecule is CC(C)(C)OC(=O)CC(CNCCB1O[C@@H]2C[C@@H]3C[C@@H](C3(C)C)[C@]2(C)O1)O[Si](C)(C)C(C)(C)C. The van der Waals surface area contributed by atoms with E-state index in [4.69, 9.17) is 18.5 Å². The third kappa shape index (κ3) is 5.93. The first-order valence-electron chi connectivity index (χ1n) is 13.3. The smallest absolute Gasteiger partial charge is 0.458 e. The average molecular weight is 496 g/mol. The second kappa shape index (κ2) is 9.48. The molecule has 196 valence electrons. The van der Waals surface area contributed by atoms with Gasteiger partial charge in [-0.2, -0.15) is 0 Å². The second-order valence-electron chi connectivity index (χ2n) is 14.2. The molecule has 0 spiro atoms. The topological polar surface area (TPSA) is 66.0 Å². The van der Waals surface area contributed by atoms with E-state index in [0.717, 1.165) is 25.2 Å². The molecule has 3 aliphatic carbocycles. The highest BCUT2D eigenvalue weighted by atomic mass is 28.4. The normalized spacial score (nSPS) is 31.6. The van der Waals surface area contributed by atoms with Gasteiger partial charge in [-0.1, -0.05) is 34.6 Å². The maximum absolute atomic E-state index is 12.6. The molecule has 1 N–H and O–H groups in total. The van der Waals surface area contributed by atoms with Crippen LogP contribution in [0, 0.1) is 17.3 Å². The van der Waals surface area contributed by atoms with Crippen molar-refractivity contribution in [2.75, 3.05) is 13.1 Å². The summed E-state index contributed by atoms with van der Waals surface area (Å²) in [6.07, 6.45) is 3.44. The summed E-state index contributed by atoms with van der Waals surface area (Å²) in [5.74, 6) is 1.13. The van der Waals surface area contributed by atoms with Gasteiger partial charge in [0.05, 0.1) is 24.2 Å². The molecular weight excluding hydrogens is 445 g/mol. The van der Waals surface area contributed by atoms with E-state index in [2.05, 4.69) is 60.0 Å². The van der Waals surface area contributed by atoms with Crippen molar-refractivity contribution in [3.05, 3.63) is 0 Å². The zero-order valence-corrected chi connectivity index (χ0v) is 24.7. The lowest BCUT2D eigenvalue weighted by molar-refractivity contribution is -0.199. The van der Waals surface area contributed by atoms with Crippen molar-refractivity contribution in [1.29, 1.82) is 0 Å². The lowest BCUT2D eigenvalue weighted by Gasteiger charge is -2.64. The number of carbonyl (C=O) groups is 1. The first kappa shape index (κ1) is 28.2.